The Bertz CT molecular complexity index is 705. The molecule has 9 heteroatoms. The summed E-state index contributed by atoms with van der Waals surface area (Å²) in [4.78, 5) is 0.950. The molecule has 0 aliphatic carbocycles. The second kappa shape index (κ2) is 5.23. The minimum Gasteiger partial charge on any atom is -0.381 e. The van der Waals surface area contributed by atoms with Crippen LogP contribution in [0.15, 0.2) is 20.8 Å². The van der Waals surface area contributed by atoms with E-state index in [1.807, 2.05) is 11.4 Å². The zero-order valence-corrected chi connectivity index (χ0v) is 13.6. The van der Waals surface area contributed by atoms with Crippen molar-refractivity contribution in [2.45, 2.75) is 18.4 Å². The molecule has 0 saturated heterocycles. The number of anilines is 1. The van der Waals surface area contributed by atoms with E-state index in [9.17, 15) is 8.42 Å². The highest BCUT2D eigenvalue weighted by atomic mass is 79.9. The first-order chi connectivity index (χ1) is 8.83. The van der Waals surface area contributed by atoms with E-state index in [1.165, 1.54) is 16.0 Å². The van der Waals surface area contributed by atoms with Crippen LogP contribution in [-0.4, -0.2) is 18.2 Å². The van der Waals surface area contributed by atoms with Gasteiger partial charge in [0.1, 0.15) is 4.90 Å². The molecule has 0 fully saturated rings. The van der Waals surface area contributed by atoms with Crippen molar-refractivity contribution >= 4 is 43.1 Å². The van der Waals surface area contributed by atoms with E-state index in [0.717, 1.165) is 9.35 Å². The largest absolute Gasteiger partial charge is 0.381 e. The number of sulfonamides is 1. The second-order valence-electron chi connectivity index (χ2n) is 3.94. The van der Waals surface area contributed by atoms with Crippen molar-refractivity contribution in [3.05, 3.63) is 26.5 Å². The zero-order chi connectivity index (χ0) is 14.2. The van der Waals surface area contributed by atoms with Crippen molar-refractivity contribution < 1.29 is 8.42 Å². The van der Waals surface area contributed by atoms with Gasteiger partial charge in [-0.15, -0.1) is 11.3 Å². The lowest BCUT2D eigenvalue weighted by Crippen LogP contribution is -2.24. The maximum atomic E-state index is 12.2. The summed E-state index contributed by atoms with van der Waals surface area (Å²) in [5, 5.41) is 5.79. The van der Waals surface area contributed by atoms with Crippen LogP contribution < -0.4 is 10.5 Å². The molecule has 2 rings (SSSR count). The van der Waals surface area contributed by atoms with Crippen LogP contribution in [0.2, 0.25) is 0 Å². The van der Waals surface area contributed by atoms with Gasteiger partial charge >= 0.3 is 0 Å². The maximum Gasteiger partial charge on any atom is 0.246 e. The lowest BCUT2D eigenvalue weighted by atomic mass is 10.5. The highest BCUT2D eigenvalue weighted by molar-refractivity contribution is 9.10. The Morgan fingerprint density at radius 1 is 1.58 bits per heavy atom. The number of nitrogens with zero attached hydrogens (tertiary/aromatic N) is 2. The predicted molar refractivity (Wildman–Crippen MR) is 78.4 cm³/mol. The van der Waals surface area contributed by atoms with Crippen molar-refractivity contribution in [2.24, 2.45) is 7.05 Å². The third-order valence-corrected chi connectivity index (χ3v) is 6.18. The summed E-state index contributed by atoms with van der Waals surface area (Å²) in [5.41, 5.74) is 6.16. The van der Waals surface area contributed by atoms with Crippen LogP contribution in [0.4, 0.5) is 5.82 Å². The number of aryl methyl sites for hydroxylation is 1. The smallest absolute Gasteiger partial charge is 0.246 e. The van der Waals surface area contributed by atoms with Crippen LogP contribution in [0, 0.1) is 6.92 Å². The molecule has 0 spiro atoms. The summed E-state index contributed by atoms with van der Waals surface area (Å²) < 4.78 is 29.3. The van der Waals surface area contributed by atoms with Gasteiger partial charge in [0.25, 0.3) is 0 Å². The average molecular weight is 365 g/mol. The van der Waals surface area contributed by atoms with Gasteiger partial charge in [-0.2, -0.15) is 5.10 Å². The lowest BCUT2D eigenvalue weighted by molar-refractivity contribution is 0.581. The van der Waals surface area contributed by atoms with Crippen molar-refractivity contribution in [1.82, 2.24) is 14.5 Å². The van der Waals surface area contributed by atoms with Gasteiger partial charge in [0, 0.05) is 22.9 Å². The van der Waals surface area contributed by atoms with Crippen molar-refractivity contribution in [3.63, 3.8) is 0 Å². The Morgan fingerprint density at radius 2 is 2.26 bits per heavy atom. The molecule has 104 valence electrons. The second-order valence-corrected chi connectivity index (χ2v) is 7.50. The third kappa shape index (κ3) is 2.83. The summed E-state index contributed by atoms with van der Waals surface area (Å²) in [6.07, 6.45) is 0. The van der Waals surface area contributed by atoms with Gasteiger partial charge in [0.2, 0.25) is 10.0 Å². The number of thiophene rings is 1. The van der Waals surface area contributed by atoms with E-state index >= 15 is 0 Å². The summed E-state index contributed by atoms with van der Waals surface area (Å²) in [6, 6.07) is 1.87. The minimum atomic E-state index is -3.67. The molecule has 0 aliphatic rings. The molecule has 0 radical (unpaired) electrons. The molecule has 0 saturated carbocycles. The molecule has 0 aromatic carbocycles. The molecule has 2 aromatic heterocycles. The lowest BCUT2D eigenvalue weighted by Gasteiger charge is -2.06. The molecule has 19 heavy (non-hydrogen) atoms. The van der Waals surface area contributed by atoms with Gasteiger partial charge in [0.05, 0.1) is 5.69 Å². The molecule has 3 N–H and O–H groups in total. The number of nitrogens with two attached hydrogens (primary N) is 1. The minimum absolute atomic E-state index is 0.0118. The van der Waals surface area contributed by atoms with Gasteiger partial charge in [0.15, 0.2) is 5.82 Å². The van der Waals surface area contributed by atoms with Crippen molar-refractivity contribution in [3.8, 4) is 0 Å². The van der Waals surface area contributed by atoms with Gasteiger partial charge < -0.3 is 5.73 Å². The van der Waals surface area contributed by atoms with Crippen LogP contribution in [0.3, 0.4) is 0 Å². The first kappa shape index (κ1) is 14.5. The van der Waals surface area contributed by atoms with E-state index in [2.05, 4.69) is 25.8 Å². The standard InChI is InChI=1S/C10H13BrN4O2S2/c1-6-9(10(12)14-15(6)2)19(16,17)13-5-8-7(11)3-4-18-8/h3-4,13H,5H2,1-2H3,(H2,12,14). The molecule has 6 nitrogen and oxygen atoms in total. The SMILES string of the molecule is Cc1c(S(=O)(=O)NCc2sccc2Br)c(N)nn1C. The molecule has 0 atom stereocenters. The third-order valence-electron chi connectivity index (χ3n) is 2.69. The van der Waals surface area contributed by atoms with Crippen LogP contribution in [0.1, 0.15) is 10.6 Å². The molecule has 0 bridgehead atoms. The average Bonchev–Trinajstić information content (AvgIpc) is 2.82. The molecule has 0 aliphatic heterocycles. The van der Waals surface area contributed by atoms with Gasteiger partial charge in [-0.25, -0.2) is 13.1 Å². The first-order valence-corrected chi connectivity index (χ1v) is 8.49. The highest BCUT2D eigenvalue weighted by Crippen LogP contribution is 2.24. The fourth-order valence-corrected chi connectivity index (χ4v) is 4.47. The number of aromatic nitrogens is 2. The summed E-state index contributed by atoms with van der Waals surface area (Å²) >= 11 is 4.83. The molecule has 2 aromatic rings. The quantitative estimate of drug-likeness (QED) is 0.862. The van der Waals surface area contributed by atoms with Crippen LogP contribution >= 0.6 is 27.3 Å². The summed E-state index contributed by atoms with van der Waals surface area (Å²) in [5.74, 6) is 0.0118. The molecular weight excluding hydrogens is 352 g/mol. The Balaban J connectivity index is 2.26. The van der Waals surface area contributed by atoms with Crippen molar-refractivity contribution in [1.29, 1.82) is 0 Å². The molecule has 0 unspecified atom stereocenters. The van der Waals surface area contributed by atoms with E-state index in [0.29, 0.717) is 5.69 Å². The topological polar surface area (TPSA) is 90.0 Å². The number of hydrogen-bond donors (Lipinski definition) is 2. The van der Waals surface area contributed by atoms with E-state index in [1.54, 1.807) is 14.0 Å². The zero-order valence-electron chi connectivity index (χ0n) is 10.3. The predicted octanol–water partition coefficient (Wildman–Crippen LogP) is 1.61. The Kier molecular flexibility index (Phi) is 4.00. The molecule has 0 amide bonds. The number of nitrogen functional groups attached to an aromatic ring is 1. The van der Waals surface area contributed by atoms with Crippen molar-refractivity contribution in [2.75, 3.05) is 5.73 Å². The van der Waals surface area contributed by atoms with Gasteiger partial charge in [-0.05, 0) is 34.3 Å². The highest BCUT2D eigenvalue weighted by Gasteiger charge is 2.24. The molecular formula is C10H13BrN4O2S2. The first-order valence-electron chi connectivity index (χ1n) is 5.33. The fourth-order valence-electron chi connectivity index (χ4n) is 1.63. The van der Waals surface area contributed by atoms with E-state index in [4.69, 9.17) is 5.73 Å². The van der Waals surface area contributed by atoms with E-state index in [-0.39, 0.29) is 17.3 Å². The van der Waals surface area contributed by atoms with E-state index < -0.39 is 10.0 Å². The molecule has 2 heterocycles. The van der Waals surface area contributed by atoms with Gasteiger partial charge in [-0.3, -0.25) is 4.68 Å². The van der Waals surface area contributed by atoms with Crippen LogP contribution in [0.25, 0.3) is 0 Å². The number of halogens is 1. The van der Waals surface area contributed by atoms with Gasteiger partial charge in [-0.1, -0.05) is 0 Å². The Labute approximate surface area is 123 Å². The Morgan fingerprint density at radius 3 is 2.74 bits per heavy atom. The Hall–Kier alpha value is -0.900. The fraction of sp³-hybridized carbons (Fsp3) is 0.300. The summed E-state index contributed by atoms with van der Waals surface area (Å²) in [7, 11) is -2.01. The van der Waals surface area contributed by atoms with Crippen LogP contribution in [-0.2, 0) is 23.6 Å². The summed E-state index contributed by atoms with van der Waals surface area (Å²) in [6.45, 7) is 1.88. The normalized spacial score (nSPS) is 11.9. The monoisotopic (exact) mass is 364 g/mol. The number of nitrogens with one attached hydrogen (secondary N) is 1. The van der Waals surface area contributed by atoms with Crippen LogP contribution in [0.5, 0.6) is 0 Å². The number of hydrogen-bond acceptors (Lipinski definition) is 5. The number of rotatable bonds is 4. The maximum absolute atomic E-state index is 12.2.